The minimum atomic E-state index is -0.0394. The van der Waals surface area contributed by atoms with Gasteiger partial charge < -0.3 is 10.6 Å². The predicted molar refractivity (Wildman–Crippen MR) is 105 cm³/mol. The molecule has 2 N–H and O–H groups in total. The molecule has 0 heterocycles. The molecule has 4 nitrogen and oxygen atoms in total. The SMILES string of the molecule is CC(C)CNC(=O)NCC1(C)CCC(c2ccccc2)(N(C)C)CC1. The first-order chi connectivity index (χ1) is 11.8. The smallest absolute Gasteiger partial charge is 0.314 e. The van der Waals surface area contributed by atoms with Gasteiger partial charge in [-0.25, -0.2) is 4.79 Å². The lowest BCUT2D eigenvalue weighted by molar-refractivity contribution is 0.0435. The Labute approximate surface area is 153 Å². The topological polar surface area (TPSA) is 44.4 Å². The minimum Gasteiger partial charge on any atom is -0.338 e. The molecule has 0 saturated heterocycles. The quantitative estimate of drug-likeness (QED) is 0.819. The van der Waals surface area contributed by atoms with E-state index in [1.165, 1.54) is 5.56 Å². The summed E-state index contributed by atoms with van der Waals surface area (Å²) >= 11 is 0. The Kier molecular flexibility index (Phi) is 6.50. The summed E-state index contributed by atoms with van der Waals surface area (Å²) in [6.07, 6.45) is 4.47. The molecule has 1 aliphatic rings. The summed E-state index contributed by atoms with van der Waals surface area (Å²) in [5.41, 5.74) is 1.69. The van der Waals surface area contributed by atoms with Crippen LogP contribution in [0.25, 0.3) is 0 Å². The summed E-state index contributed by atoms with van der Waals surface area (Å²) in [5, 5.41) is 6.02. The zero-order chi connectivity index (χ0) is 18.5. The van der Waals surface area contributed by atoms with Crippen LogP contribution in [0.3, 0.4) is 0 Å². The number of carbonyl (C=O) groups excluding carboxylic acids is 1. The Morgan fingerprint density at radius 3 is 2.20 bits per heavy atom. The molecule has 1 saturated carbocycles. The minimum absolute atomic E-state index is 0.0394. The van der Waals surface area contributed by atoms with Crippen LogP contribution in [0.15, 0.2) is 30.3 Å². The molecule has 1 aromatic carbocycles. The van der Waals surface area contributed by atoms with Gasteiger partial charge >= 0.3 is 6.03 Å². The number of hydrogen-bond acceptors (Lipinski definition) is 2. The average Bonchev–Trinajstić information content (AvgIpc) is 2.59. The van der Waals surface area contributed by atoms with Gasteiger partial charge in [-0.3, -0.25) is 4.90 Å². The van der Waals surface area contributed by atoms with Crippen molar-refractivity contribution in [3.8, 4) is 0 Å². The zero-order valence-electron chi connectivity index (χ0n) is 16.6. The first-order valence-corrected chi connectivity index (χ1v) is 9.52. The van der Waals surface area contributed by atoms with Gasteiger partial charge in [0.05, 0.1) is 0 Å². The van der Waals surface area contributed by atoms with E-state index >= 15 is 0 Å². The highest BCUT2D eigenvalue weighted by atomic mass is 16.2. The van der Waals surface area contributed by atoms with E-state index < -0.39 is 0 Å². The Balaban J connectivity index is 1.95. The van der Waals surface area contributed by atoms with Gasteiger partial charge in [-0.1, -0.05) is 51.1 Å². The van der Waals surface area contributed by atoms with Gasteiger partial charge in [0.25, 0.3) is 0 Å². The van der Waals surface area contributed by atoms with Crippen LogP contribution in [0.1, 0.15) is 52.0 Å². The first-order valence-electron chi connectivity index (χ1n) is 9.52. The summed E-state index contributed by atoms with van der Waals surface area (Å²) < 4.78 is 0. The van der Waals surface area contributed by atoms with Crippen LogP contribution in [0, 0.1) is 11.3 Å². The van der Waals surface area contributed by atoms with Crippen molar-refractivity contribution in [3.05, 3.63) is 35.9 Å². The third kappa shape index (κ3) is 4.97. The summed E-state index contributed by atoms with van der Waals surface area (Å²) in [5.74, 6) is 0.475. The standard InChI is InChI=1S/C21H35N3O/c1-17(2)15-22-19(25)23-16-20(3)11-13-21(14-12-20,24(4)5)18-9-7-6-8-10-18/h6-10,17H,11-16H2,1-5H3,(H2,22,23,25). The van der Waals surface area contributed by atoms with E-state index in [9.17, 15) is 4.79 Å². The molecule has 2 amide bonds. The monoisotopic (exact) mass is 345 g/mol. The number of benzene rings is 1. The normalized spacial score (nSPS) is 26.7. The molecule has 0 unspecified atom stereocenters. The van der Waals surface area contributed by atoms with Gasteiger partial charge in [-0.2, -0.15) is 0 Å². The van der Waals surface area contributed by atoms with E-state index in [0.717, 1.165) is 38.8 Å². The summed E-state index contributed by atoms with van der Waals surface area (Å²) in [6, 6.07) is 10.8. The number of hydrogen-bond donors (Lipinski definition) is 2. The van der Waals surface area contributed by atoms with E-state index in [0.29, 0.717) is 5.92 Å². The number of carbonyl (C=O) groups is 1. The third-order valence-corrected chi connectivity index (χ3v) is 5.80. The lowest BCUT2D eigenvalue weighted by Crippen LogP contribution is -2.49. The van der Waals surface area contributed by atoms with Crippen LogP contribution in [-0.2, 0) is 5.54 Å². The predicted octanol–water partition coefficient (Wildman–Crippen LogP) is 3.98. The van der Waals surface area contributed by atoms with Gasteiger partial charge in [-0.15, -0.1) is 0 Å². The molecule has 0 radical (unpaired) electrons. The molecule has 1 aromatic rings. The van der Waals surface area contributed by atoms with E-state index in [1.54, 1.807) is 0 Å². The van der Waals surface area contributed by atoms with Crippen molar-refractivity contribution in [1.29, 1.82) is 0 Å². The first kappa shape index (κ1) is 19.8. The zero-order valence-corrected chi connectivity index (χ0v) is 16.6. The Morgan fingerprint density at radius 2 is 1.68 bits per heavy atom. The van der Waals surface area contributed by atoms with Crippen LogP contribution in [-0.4, -0.2) is 38.1 Å². The van der Waals surface area contributed by atoms with E-state index in [-0.39, 0.29) is 17.0 Å². The second-order valence-corrected chi connectivity index (χ2v) is 8.56. The maximum Gasteiger partial charge on any atom is 0.314 e. The highest BCUT2D eigenvalue weighted by Crippen LogP contribution is 2.47. The molecule has 1 aliphatic carbocycles. The Morgan fingerprint density at radius 1 is 1.08 bits per heavy atom. The van der Waals surface area contributed by atoms with Crippen LogP contribution in [0.4, 0.5) is 4.79 Å². The molecule has 0 spiro atoms. The number of nitrogens with zero attached hydrogens (tertiary/aromatic N) is 1. The summed E-state index contributed by atoms with van der Waals surface area (Å²) in [4.78, 5) is 14.3. The Hall–Kier alpha value is -1.55. The number of urea groups is 1. The fourth-order valence-electron chi connectivity index (χ4n) is 3.84. The van der Waals surface area contributed by atoms with Crippen molar-refractivity contribution < 1.29 is 4.79 Å². The molecular weight excluding hydrogens is 310 g/mol. The van der Waals surface area contributed by atoms with Crippen molar-refractivity contribution in [2.45, 2.75) is 52.0 Å². The molecule has 0 atom stereocenters. The molecule has 0 aromatic heterocycles. The maximum atomic E-state index is 12.0. The lowest BCUT2D eigenvalue weighted by atomic mass is 9.65. The van der Waals surface area contributed by atoms with Crippen molar-refractivity contribution in [2.75, 3.05) is 27.2 Å². The summed E-state index contributed by atoms with van der Waals surface area (Å²) in [7, 11) is 4.38. The fourth-order valence-corrected chi connectivity index (χ4v) is 3.84. The van der Waals surface area contributed by atoms with Crippen LogP contribution in [0.2, 0.25) is 0 Å². The fraction of sp³-hybridized carbons (Fsp3) is 0.667. The lowest BCUT2D eigenvalue weighted by Gasteiger charge is -2.49. The van der Waals surface area contributed by atoms with Gasteiger partial charge in [-0.05, 0) is 56.7 Å². The highest BCUT2D eigenvalue weighted by Gasteiger charge is 2.42. The van der Waals surface area contributed by atoms with Crippen LogP contribution in [0.5, 0.6) is 0 Å². The number of amides is 2. The van der Waals surface area contributed by atoms with Crippen molar-refractivity contribution >= 4 is 6.03 Å². The maximum absolute atomic E-state index is 12.0. The highest BCUT2D eigenvalue weighted by molar-refractivity contribution is 5.73. The van der Waals surface area contributed by atoms with E-state index in [4.69, 9.17) is 0 Å². The molecule has 0 aliphatic heterocycles. The molecule has 1 fully saturated rings. The second-order valence-electron chi connectivity index (χ2n) is 8.56. The van der Waals surface area contributed by atoms with E-state index in [1.807, 2.05) is 0 Å². The number of nitrogens with one attached hydrogen (secondary N) is 2. The molecule has 140 valence electrons. The number of rotatable bonds is 6. The average molecular weight is 346 g/mol. The van der Waals surface area contributed by atoms with Gasteiger partial charge in [0.15, 0.2) is 0 Å². The summed E-state index contributed by atoms with van der Waals surface area (Å²) in [6.45, 7) is 7.98. The van der Waals surface area contributed by atoms with Gasteiger partial charge in [0.2, 0.25) is 0 Å². The van der Waals surface area contributed by atoms with E-state index in [2.05, 4.69) is 80.7 Å². The van der Waals surface area contributed by atoms with Crippen molar-refractivity contribution in [2.24, 2.45) is 11.3 Å². The van der Waals surface area contributed by atoms with Crippen LogP contribution >= 0.6 is 0 Å². The van der Waals surface area contributed by atoms with Crippen LogP contribution < -0.4 is 10.6 Å². The van der Waals surface area contributed by atoms with Gasteiger partial charge in [0, 0.05) is 18.6 Å². The largest absolute Gasteiger partial charge is 0.338 e. The van der Waals surface area contributed by atoms with Crippen molar-refractivity contribution in [3.63, 3.8) is 0 Å². The second kappa shape index (κ2) is 8.22. The van der Waals surface area contributed by atoms with Crippen molar-refractivity contribution in [1.82, 2.24) is 15.5 Å². The van der Waals surface area contributed by atoms with Gasteiger partial charge in [0.1, 0.15) is 0 Å². The molecule has 2 rings (SSSR count). The Bertz CT molecular complexity index is 546. The molecule has 25 heavy (non-hydrogen) atoms. The molecular formula is C21H35N3O. The molecule has 4 heteroatoms. The third-order valence-electron chi connectivity index (χ3n) is 5.80. The molecule has 0 bridgehead atoms.